The zero-order chi connectivity index (χ0) is 13.9. The molecule has 0 spiro atoms. The first-order valence-corrected chi connectivity index (χ1v) is 7.36. The van der Waals surface area contributed by atoms with Crippen molar-refractivity contribution in [2.75, 3.05) is 5.32 Å². The smallest absolute Gasteiger partial charge is 0.238 e. The van der Waals surface area contributed by atoms with Crippen molar-refractivity contribution in [3.63, 3.8) is 0 Å². The Labute approximate surface area is 116 Å². The fourth-order valence-corrected chi connectivity index (χ4v) is 2.18. The maximum absolute atomic E-state index is 11.1. The zero-order valence-electron chi connectivity index (χ0n) is 9.88. The average Bonchev–Trinajstić information content (AvgIpc) is 2.36. The Bertz CT molecular complexity index is 672. The van der Waals surface area contributed by atoms with Crippen LogP contribution in [0.3, 0.4) is 0 Å². The van der Waals surface area contributed by atoms with Crippen LogP contribution in [0.15, 0.2) is 47.4 Å². The lowest BCUT2D eigenvalue weighted by Crippen LogP contribution is -2.12. The fraction of sp³-hybridized carbons (Fsp3) is 0.0833. The molecule has 3 N–H and O–H groups in total. The van der Waals surface area contributed by atoms with Gasteiger partial charge in [-0.05, 0) is 29.8 Å². The van der Waals surface area contributed by atoms with Crippen LogP contribution in [0.1, 0.15) is 5.56 Å². The van der Waals surface area contributed by atoms with Crippen LogP contribution in [0.4, 0.5) is 5.82 Å². The summed E-state index contributed by atoms with van der Waals surface area (Å²) in [7, 11) is -3.64. The molecule has 1 heterocycles. The van der Waals surface area contributed by atoms with E-state index in [1.807, 2.05) is 0 Å². The number of nitrogens with zero attached hydrogens (tertiary/aromatic N) is 1. The number of nitrogens with one attached hydrogen (secondary N) is 1. The predicted octanol–water partition coefficient (Wildman–Crippen LogP) is 1.99. The zero-order valence-corrected chi connectivity index (χ0v) is 11.4. The highest BCUT2D eigenvalue weighted by Gasteiger charge is 2.06. The molecular weight excluding hydrogens is 286 g/mol. The monoisotopic (exact) mass is 297 g/mol. The van der Waals surface area contributed by atoms with Crippen molar-refractivity contribution in [3.8, 4) is 0 Å². The maximum Gasteiger partial charge on any atom is 0.238 e. The van der Waals surface area contributed by atoms with Gasteiger partial charge in [0.15, 0.2) is 0 Å². The van der Waals surface area contributed by atoms with Gasteiger partial charge in [0.2, 0.25) is 10.0 Å². The van der Waals surface area contributed by atoms with Crippen molar-refractivity contribution in [2.24, 2.45) is 5.14 Å². The molecule has 2 rings (SSSR count). The molecular formula is C12H12ClN3O2S. The SMILES string of the molecule is NS(=O)(=O)c1ccc(CNc2cccc(Cl)n2)cc1. The Kier molecular flexibility index (Phi) is 4.04. The quantitative estimate of drug-likeness (QED) is 0.845. The summed E-state index contributed by atoms with van der Waals surface area (Å²) in [6, 6.07) is 11.6. The summed E-state index contributed by atoms with van der Waals surface area (Å²) in [6.45, 7) is 0.512. The lowest BCUT2D eigenvalue weighted by molar-refractivity contribution is 0.598. The molecule has 0 aliphatic carbocycles. The first-order chi connectivity index (χ1) is 8.95. The Morgan fingerprint density at radius 3 is 2.42 bits per heavy atom. The van der Waals surface area contributed by atoms with Gasteiger partial charge in [0.25, 0.3) is 0 Å². The molecule has 0 fully saturated rings. The lowest BCUT2D eigenvalue weighted by atomic mass is 10.2. The highest BCUT2D eigenvalue weighted by atomic mass is 35.5. The van der Waals surface area contributed by atoms with Crippen molar-refractivity contribution >= 4 is 27.4 Å². The molecule has 0 saturated carbocycles. The van der Waals surface area contributed by atoms with Crippen LogP contribution in [0.25, 0.3) is 0 Å². The number of hydrogen-bond acceptors (Lipinski definition) is 4. The van der Waals surface area contributed by atoms with E-state index in [0.29, 0.717) is 17.5 Å². The first kappa shape index (κ1) is 13.8. The number of primary sulfonamides is 1. The summed E-state index contributed by atoms with van der Waals surface area (Å²) >= 11 is 5.77. The second-order valence-corrected chi connectivity index (χ2v) is 5.84. The van der Waals surface area contributed by atoms with Crippen molar-refractivity contribution < 1.29 is 8.42 Å². The van der Waals surface area contributed by atoms with Crippen molar-refractivity contribution in [1.29, 1.82) is 0 Å². The summed E-state index contributed by atoms with van der Waals surface area (Å²) < 4.78 is 22.2. The maximum atomic E-state index is 11.1. The fourth-order valence-electron chi connectivity index (χ4n) is 1.50. The summed E-state index contributed by atoms with van der Waals surface area (Å²) in [5.41, 5.74) is 0.911. The Morgan fingerprint density at radius 2 is 1.84 bits per heavy atom. The highest BCUT2D eigenvalue weighted by molar-refractivity contribution is 7.89. The van der Waals surface area contributed by atoms with E-state index in [0.717, 1.165) is 5.56 Å². The lowest BCUT2D eigenvalue weighted by Gasteiger charge is -2.06. The van der Waals surface area contributed by atoms with E-state index < -0.39 is 10.0 Å². The number of anilines is 1. The van der Waals surface area contributed by atoms with E-state index in [1.165, 1.54) is 12.1 Å². The van der Waals surface area contributed by atoms with E-state index in [9.17, 15) is 8.42 Å². The largest absolute Gasteiger partial charge is 0.366 e. The molecule has 0 aliphatic heterocycles. The van der Waals surface area contributed by atoms with Gasteiger partial charge >= 0.3 is 0 Å². The summed E-state index contributed by atoms with van der Waals surface area (Å²) in [6.07, 6.45) is 0. The summed E-state index contributed by atoms with van der Waals surface area (Å²) in [5, 5.41) is 8.52. The summed E-state index contributed by atoms with van der Waals surface area (Å²) in [5.74, 6) is 0.656. The first-order valence-electron chi connectivity index (χ1n) is 5.43. The molecule has 0 radical (unpaired) electrons. The topological polar surface area (TPSA) is 85.1 Å². The van der Waals surface area contributed by atoms with Gasteiger partial charge in [0.1, 0.15) is 11.0 Å². The second kappa shape index (κ2) is 5.56. The van der Waals surface area contributed by atoms with E-state index >= 15 is 0 Å². The summed E-state index contributed by atoms with van der Waals surface area (Å²) in [4.78, 5) is 4.18. The molecule has 0 aliphatic rings. The molecule has 0 amide bonds. The Hall–Kier alpha value is -1.63. The number of benzene rings is 1. The van der Waals surface area contributed by atoms with E-state index in [-0.39, 0.29) is 4.90 Å². The van der Waals surface area contributed by atoms with E-state index in [4.69, 9.17) is 16.7 Å². The molecule has 1 aromatic carbocycles. The number of aromatic nitrogens is 1. The molecule has 5 nitrogen and oxygen atoms in total. The Morgan fingerprint density at radius 1 is 1.16 bits per heavy atom. The van der Waals surface area contributed by atoms with Crippen LogP contribution < -0.4 is 10.5 Å². The number of halogens is 1. The number of pyridine rings is 1. The van der Waals surface area contributed by atoms with Gasteiger partial charge in [-0.15, -0.1) is 0 Å². The molecule has 19 heavy (non-hydrogen) atoms. The molecule has 2 aromatic rings. The molecule has 0 unspecified atom stereocenters. The van der Waals surface area contributed by atoms with Crippen LogP contribution in [0.2, 0.25) is 5.15 Å². The molecule has 1 aromatic heterocycles. The van der Waals surface area contributed by atoms with Crippen LogP contribution in [0, 0.1) is 0 Å². The second-order valence-electron chi connectivity index (χ2n) is 3.89. The van der Waals surface area contributed by atoms with Gasteiger partial charge in [0.05, 0.1) is 4.90 Å². The van der Waals surface area contributed by atoms with Gasteiger partial charge < -0.3 is 5.32 Å². The van der Waals surface area contributed by atoms with Gasteiger partial charge in [-0.3, -0.25) is 0 Å². The third-order valence-electron chi connectivity index (χ3n) is 2.44. The molecule has 0 saturated heterocycles. The number of sulfonamides is 1. The molecule has 7 heteroatoms. The highest BCUT2D eigenvalue weighted by Crippen LogP contribution is 2.12. The standard InChI is InChI=1S/C12H12ClN3O2S/c13-11-2-1-3-12(16-11)15-8-9-4-6-10(7-5-9)19(14,17)18/h1-7H,8H2,(H,15,16)(H2,14,17,18). The number of hydrogen-bond donors (Lipinski definition) is 2. The molecule has 100 valence electrons. The minimum absolute atomic E-state index is 0.0946. The van der Waals surface area contributed by atoms with Crippen LogP contribution in [-0.2, 0) is 16.6 Å². The van der Waals surface area contributed by atoms with Crippen molar-refractivity contribution in [3.05, 3.63) is 53.2 Å². The van der Waals surface area contributed by atoms with Crippen LogP contribution >= 0.6 is 11.6 Å². The van der Waals surface area contributed by atoms with Gasteiger partial charge in [-0.25, -0.2) is 18.5 Å². The van der Waals surface area contributed by atoms with Crippen molar-refractivity contribution in [2.45, 2.75) is 11.4 Å². The predicted molar refractivity (Wildman–Crippen MR) is 74.4 cm³/mol. The Balaban J connectivity index is 2.05. The normalized spacial score (nSPS) is 11.3. The third kappa shape index (κ3) is 3.92. The number of rotatable bonds is 4. The van der Waals surface area contributed by atoms with E-state index in [1.54, 1.807) is 30.3 Å². The molecule has 0 atom stereocenters. The van der Waals surface area contributed by atoms with E-state index in [2.05, 4.69) is 10.3 Å². The number of nitrogens with two attached hydrogens (primary N) is 1. The molecule has 0 bridgehead atoms. The minimum Gasteiger partial charge on any atom is -0.366 e. The van der Waals surface area contributed by atoms with Crippen LogP contribution in [-0.4, -0.2) is 13.4 Å². The van der Waals surface area contributed by atoms with Gasteiger partial charge in [0, 0.05) is 6.54 Å². The van der Waals surface area contributed by atoms with Gasteiger partial charge in [-0.2, -0.15) is 0 Å². The third-order valence-corrected chi connectivity index (χ3v) is 3.58. The average molecular weight is 298 g/mol. The van der Waals surface area contributed by atoms with Crippen molar-refractivity contribution in [1.82, 2.24) is 4.98 Å². The minimum atomic E-state index is -3.64. The van der Waals surface area contributed by atoms with Gasteiger partial charge in [-0.1, -0.05) is 29.8 Å². The van der Waals surface area contributed by atoms with Crippen LogP contribution in [0.5, 0.6) is 0 Å².